The Morgan fingerprint density at radius 1 is 1.03 bits per heavy atom. The molecular formula is C25H30ClN3O5. The summed E-state index contributed by atoms with van der Waals surface area (Å²) in [6.07, 6.45) is 1.57. The van der Waals surface area contributed by atoms with Crippen LogP contribution in [0.25, 0.3) is 0 Å². The molecule has 3 rings (SSSR count). The fraction of sp³-hybridized carbons (Fsp3) is 0.400. The summed E-state index contributed by atoms with van der Waals surface area (Å²) in [4.78, 5) is 39.3. The first-order chi connectivity index (χ1) is 16.3. The van der Waals surface area contributed by atoms with Gasteiger partial charge in [-0.1, -0.05) is 17.7 Å². The van der Waals surface area contributed by atoms with E-state index in [0.29, 0.717) is 54.4 Å². The molecule has 0 bridgehead atoms. The highest BCUT2D eigenvalue weighted by molar-refractivity contribution is 6.30. The topological polar surface area (TPSA) is 97.0 Å². The molecule has 8 nitrogen and oxygen atoms in total. The number of amides is 3. The largest absolute Gasteiger partial charge is 0.493 e. The zero-order valence-electron chi connectivity index (χ0n) is 19.6. The minimum absolute atomic E-state index is 0.0500. The molecule has 2 aromatic carbocycles. The summed E-state index contributed by atoms with van der Waals surface area (Å²) in [6.45, 7) is 2.45. The molecule has 34 heavy (non-hydrogen) atoms. The average Bonchev–Trinajstić information content (AvgIpc) is 2.83. The smallest absolute Gasteiger partial charge is 0.253 e. The molecule has 2 aromatic rings. The first kappa shape index (κ1) is 25.4. The van der Waals surface area contributed by atoms with Crippen LogP contribution in [0.5, 0.6) is 11.5 Å². The predicted octanol–water partition coefficient (Wildman–Crippen LogP) is 2.83. The Morgan fingerprint density at radius 3 is 2.26 bits per heavy atom. The van der Waals surface area contributed by atoms with Gasteiger partial charge in [0.1, 0.15) is 6.04 Å². The van der Waals surface area contributed by atoms with Crippen LogP contribution in [0.4, 0.5) is 0 Å². The predicted molar refractivity (Wildman–Crippen MR) is 129 cm³/mol. The van der Waals surface area contributed by atoms with E-state index in [0.717, 1.165) is 5.56 Å². The summed E-state index contributed by atoms with van der Waals surface area (Å²) in [5.41, 5.74) is 1.42. The Labute approximate surface area is 204 Å². The van der Waals surface area contributed by atoms with Gasteiger partial charge in [0, 0.05) is 43.1 Å². The summed E-state index contributed by atoms with van der Waals surface area (Å²) >= 11 is 5.90. The number of halogens is 1. The van der Waals surface area contributed by atoms with E-state index in [-0.39, 0.29) is 23.8 Å². The highest BCUT2D eigenvalue weighted by Crippen LogP contribution is 2.28. The van der Waals surface area contributed by atoms with Crippen molar-refractivity contribution in [2.24, 2.45) is 0 Å². The summed E-state index contributed by atoms with van der Waals surface area (Å²) in [5.74, 6) is 0.550. The molecule has 0 aromatic heterocycles. The van der Waals surface area contributed by atoms with Crippen molar-refractivity contribution in [2.45, 2.75) is 38.3 Å². The molecule has 182 valence electrons. The van der Waals surface area contributed by atoms with Crippen LogP contribution in [0.1, 0.15) is 35.7 Å². The average molecular weight is 488 g/mol. The third-order valence-corrected chi connectivity index (χ3v) is 6.05. The Balaban J connectivity index is 1.59. The van der Waals surface area contributed by atoms with E-state index >= 15 is 0 Å². The number of benzene rings is 2. The molecular weight excluding hydrogens is 458 g/mol. The zero-order valence-corrected chi connectivity index (χ0v) is 20.4. The van der Waals surface area contributed by atoms with E-state index in [4.69, 9.17) is 21.1 Å². The van der Waals surface area contributed by atoms with Gasteiger partial charge in [0.2, 0.25) is 11.8 Å². The quantitative estimate of drug-likeness (QED) is 0.596. The van der Waals surface area contributed by atoms with E-state index < -0.39 is 6.04 Å². The number of carbonyl (C=O) groups is 3. The van der Waals surface area contributed by atoms with Gasteiger partial charge in [-0.2, -0.15) is 0 Å². The number of carbonyl (C=O) groups excluding carboxylic acids is 3. The second kappa shape index (κ2) is 11.7. The third kappa shape index (κ3) is 6.63. The lowest BCUT2D eigenvalue weighted by molar-refractivity contribution is -0.128. The maximum atomic E-state index is 13.0. The third-order valence-electron chi connectivity index (χ3n) is 5.80. The van der Waals surface area contributed by atoms with Crippen molar-refractivity contribution in [3.8, 4) is 11.5 Å². The summed E-state index contributed by atoms with van der Waals surface area (Å²) in [7, 11) is 3.10. The van der Waals surface area contributed by atoms with Crippen LogP contribution in [0.3, 0.4) is 0 Å². The van der Waals surface area contributed by atoms with Crippen LogP contribution in [0, 0.1) is 0 Å². The van der Waals surface area contributed by atoms with Crippen LogP contribution in [0.2, 0.25) is 5.02 Å². The standard InChI is InChI=1S/C25H30ClN3O5/c1-16(30)27-21(14-17-4-9-22(33-2)23(15-17)34-3)24(31)28-20-10-12-29(13-11-20)25(32)18-5-7-19(26)8-6-18/h4-9,15,20-21H,10-14H2,1-3H3,(H,27,30)(H,28,31)/t21-/m1/s1. The lowest BCUT2D eigenvalue weighted by Crippen LogP contribution is -2.53. The Kier molecular flexibility index (Phi) is 8.76. The highest BCUT2D eigenvalue weighted by Gasteiger charge is 2.27. The molecule has 0 unspecified atom stereocenters. The summed E-state index contributed by atoms with van der Waals surface area (Å²) in [5, 5.41) is 6.36. The molecule has 1 aliphatic heterocycles. The molecule has 2 N–H and O–H groups in total. The maximum absolute atomic E-state index is 13.0. The summed E-state index contributed by atoms with van der Waals surface area (Å²) in [6, 6.07) is 11.4. The van der Waals surface area contributed by atoms with Gasteiger partial charge in [-0.25, -0.2) is 0 Å². The van der Waals surface area contributed by atoms with Crippen molar-refractivity contribution in [1.82, 2.24) is 15.5 Å². The summed E-state index contributed by atoms with van der Waals surface area (Å²) < 4.78 is 10.6. The fourth-order valence-corrected chi connectivity index (χ4v) is 4.13. The molecule has 1 atom stereocenters. The number of rotatable bonds is 8. The van der Waals surface area contributed by atoms with E-state index in [1.54, 1.807) is 55.5 Å². The van der Waals surface area contributed by atoms with Gasteiger partial charge in [0.15, 0.2) is 11.5 Å². The van der Waals surface area contributed by atoms with Crippen molar-refractivity contribution in [3.05, 3.63) is 58.6 Å². The van der Waals surface area contributed by atoms with Crippen LogP contribution in [0.15, 0.2) is 42.5 Å². The minimum atomic E-state index is -0.732. The number of hydrogen-bond acceptors (Lipinski definition) is 5. The van der Waals surface area contributed by atoms with Gasteiger partial charge in [-0.05, 0) is 54.8 Å². The van der Waals surface area contributed by atoms with Gasteiger partial charge in [0.05, 0.1) is 14.2 Å². The zero-order chi connectivity index (χ0) is 24.7. The van der Waals surface area contributed by atoms with Gasteiger partial charge >= 0.3 is 0 Å². The molecule has 1 saturated heterocycles. The van der Waals surface area contributed by atoms with Crippen LogP contribution >= 0.6 is 11.6 Å². The second-order valence-corrected chi connectivity index (χ2v) is 8.66. The van der Waals surface area contributed by atoms with Crippen LogP contribution in [-0.2, 0) is 16.0 Å². The SMILES string of the molecule is COc1ccc(C[C@@H](NC(C)=O)C(=O)NC2CCN(C(=O)c3ccc(Cl)cc3)CC2)cc1OC. The first-order valence-corrected chi connectivity index (χ1v) is 11.5. The lowest BCUT2D eigenvalue weighted by Gasteiger charge is -2.33. The van der Waals surface area contributed by atoms with Gasteiger partial charge in [-0.15, -0.1) is 0 Å². The molecule has 1 heterocycles. The fourth-order valence-electron chi connectivity index (χ4n) is 4.00. The van der Waals surface area contributed by atoms with E-state index in [9.17, 15) is 14.4 Å². The number of nitrogens with one attached hydrogen (secondary N) is 2. The molecule has 0 spiro atoms. The van der Waals surface area contributed by atoms with Crippen molar-refractivity contribution >= 4 is 29.3 Å². The Bertz CT molecular complexity index is 1020. The monoisotopic (exact) mass is 487 g/mol. The molecule has 0 saturated carbocycles. The van der Waals surface area contributed by atoms with Crippen molar-refractivity contribution in [3.63, 3.8) is 0 Å². The van der Waals surface area contributed by atoms with Crippen molar-refractivity contribution in [2.75, 3.05) is 27.3 Å². The first-order valence-electron chi connectivity index (χ1n) is 11.1. The van der Waals surface area contributed by atoms with Crippen molar-refractivity contribution < 1.29 is 23.9 Å². The van der Waals surface area contributed by atoms with E-state index in [1.165, 1.54) is 6.92 Å². The molecule has 0 radical (unpaired) electrons. The normalized spacial score (nSPS) is 14.8. The van der Waals surface area contributed by atoms with Crippen molar-refractivity contribution in [1.29, 1.82) is 0 Å². The van der Waals surface area contributed by atoms with E-state index in [1.807, 2.05) is 6.07 Å². The highest BCUT2D eigenvalue weighted by atomic mass is 35.5. The molecule has 1 aliphatic rings. The van der Waals surface area contributed by atoms with Gasteiger partial charge in [0.25, 0.3) is 5.91 Å². The second-order valence-electron chi connectivity index (χ2n) is 8.23. The molecule has 1 fully saturated rings. The van der Waals surface area contributed by atoms with Gasteiger partial charge < -0.3 is 25.0 Å². The molecule has 9 heteroatoms. The minimum Gasteiger partial charge on any atom is -0.493 e. The number of ether oxygens (including phenoxy) is 2. The van der Waals surface area contributed by atoms with Crippen LogP contribution in [-0.4, -0.2) is 62.0 Å². The maximum Gasteiger partial charge on any atom is 0.253 e. The Morgan fingerprint density at radius 2 is 1.68 bits per heavy atom. The number of methoxy groups -OCH3 is 2. The van der Waals surface area contributed by atoms with Crippen LogP contribution < -0.4 is 20.1 Å². The number of nitrogens with zero attached hydrogens (tertiary/aromatic N) is 1. The van der Waals surface area contributed by atoms with Gasteiger partial charge in [-0.3, -0.25) is 14.4 Å². The molecule has 0 aliphatic carbocycles. The Hall–Kier alpha value is -3.26. The number of likely N-dealkylation sites (tertiary alicyclic amines) is 1. The molecule has 3 amide bonds. The van der Waals surface area contributed by atoms with E-state index in [2.05, 4.69) is 10.6 Å². The lowest BCUT2D eigenvalue weighted by atomic mass is 10.0. The number of hydrogen-bond donors (Lipinski definition) is 2. The number of piperidine rings is 1.